The van der Waals surface area contributed by atoms with E-state index in [4.69, 9.17) is 21.1 Å². The normalized spacial score (nSPS) is 11.8. The van der Waals surface area contributed by atoms with Gasteiger partial charge in [0.15, 0.2) is 0 Å². The van der Waals surface area contributed by atoms with Crippen LogP contribution in [0.3, 0.4) is 0 Å². The first kappa shape index (κ1) is 15.0. The Balaban J connectivity index is 2.31. The van der Waals surface area contributed by atoms with Crippen molar-refractivity contribution in [1.82, 2.24) is 4.72 Å². The summed E-state index contributed by atoms with van der Waals surface area (Å²) in [5, 5.41) is 9.01. The van der Waals surface area contributed by atoms with Crippen LogP contribution < -0.4 is 4.72 Å². The molecule has 0 fully saturated rings. The van der Waals surface area contributed by atoms with Crippen LogP contribution in [0.15, 0.2) is 39.8 Å². The zero-order valence-corrected chi connectivity index (χ0v) is 11.7. The van der Waals surface area contributed by atoms with Crippen LogP contribution in [0.1, 0.15) is 11.3 Å². The molecule has 1 aromatic carbocycles. The predicted octanol–water partition coefficient (Wildman–Crippen LogP) is 2.04. The lowest BCUT2D eigenvalue weighted by molar-refractivity contribution is 0.274. The Morgan fingerprint density at radius 3 is 2.75 bits per heavy atom. The summed E-state index contributed by atoms with van der Waals surface area (Å²) in [5.41, 5.74) is -0.184. The van der Waals surface area contributed by atoms with E-state index in [0.29, 0.717) is 5.76 Å². The van der Waals surface area contributed by atoms with E-state index in [1.807, 2.05) is 0 Å². The summed E-state index contributed by atoms with van der Waals surface area (Å²) in [6.07, 6.45) is 1.40. The number of hydrogen-bond donors (Lipinski definition) is 2. The highest BCUT2D eigenvalue weighted by Gasteiger charge is 2.22. The molecule has 0 aliphatic carbocycles. The van der Waals surface area contributed by atoms with Crippen molar-refractivity contribution in [2.45, 2.75) is 18.0 Å². The summed E-state index contributed by atoms with van der Waals surface area (Å²) in [6, 6.07) is 5.34. The minimum atomic E-state index is -4.10. The number of rotatable bonds is 5. The van der Waals surface area contributed by atoms with Crippen LogP contribution in [-0.2, 0) is 23.2 Å². The van der Waals surface area contributed by atoms with E-state index in [2.05, 4.69) is 4.72 Å². The molecule has 1 heterocycles. The van der Waals surface area contributed by atoms with Crippen LogP contribution in [0.2, 0.25) is 5.02 Å². The Morgan fingerprint density at radius 2 is 2.15 bits per heavy atom. The number of aliphatic hydroxyl groups is 1. The summed E-state index contributed by atoms with van der Waals surface area (Å²) in [4.78, 5) is -0.611. The standard InChI is InChI=1S/C12H11ClFNO4S/c13-9-4-8(7-16)12(14)11(5-9)20(17,18)15-6-10-2-1-3-19-10/h1-5,15-16H,6-7H2. The highest BCUT2D eigenvalue weighted by Crippen LogP contribution is 2.24. The average Bonchev–Trinajstić information content (AvgIpc) is 2.92. The van der Waals surface area contributed by atoms with E-state index in [1.54, 1.807) is 12.1 Å². The number of halogens is 2. The molecule has 1 aromatic heterocycles. The first-order valence-electron chi connectivity index (χ1n) is 5.55. The maximum absolute atomic E-state index is 14.0. The van der Waals surface area contributed by atoms with Gasteiger partial charge in [-0.15, -0.1) is 0 Å². The van der Waals surface area contributed by atoms with Crippen LogP contribution in [0.25, 0.3) is 0 Å². The Morgan fingerprint density at radius 1 is 1.40 bits per heavy atom. The molecule has 2 aromatic rings. The Kier molecular flexibility index (Phi) is 4.44. The van der Waals surface area contributed by atoms with Crippen molar-refractivity contribution in [3.8, 4) is 0 Å². The lowest BCUT2D eigenvalue weighted by atomic mass is 10.2. The fourth-order valence-corrected chi connectivity index (χ4v) is 3.03. The Hall–Kier alpha value is -1.41. The van der Waals surface area contributed by atoms with E-state index in [0.717, 1.165) is 6.07 Å². The second kappa shape index (κ2) is 5.92. The van der Waals surface area contributed by atoms with Crippen molar-refractivity contribution in [3.63, 3.8) is 0 Å². The molecule has 8 heteroatoms. The highest BCUT2D eigenvalue weighted by atomic mass is 35.5. The second-order valence-corrected chi connectivity index (χ2v) is 6.11. The van der Waals surface area contributed by atoms with Gasteiger partial charge in [-0.1, -0.05) is 11.6 Å². The van der Waals surface area contributed by atoms with Crippen LogP contribution in [-0.4, -0.2) is 13.5 Å². The number of furan rings is 1. The molecule has 108 valence electrons. The van der Waals surface area contributed by atoms with Crippen molar-refractivity contribution in [2.75, 3.05) is 0 Å². The fraction of sp³-hybridized carbons (Fsp3) is 0.167. The first-order chi connectivity index (χ1) is 9.44. The zero-order chi connectivity index (χ0) is 14.8. The van der Waals surface area contributed by atoms with Crippen molar-refractivity contribution in [3.05, 3.63) is 52.7 Å². The molecular formula is C12H11ClFNO4S. The molecule has 0 aliphatic rings. The van der Waals surface area contributed by atoms with E-state index in [1.165, 1.54) is 12.3 Å². The van der Waals surface area contributed by atoms with Gasteiger partial charge in [0.2, 0.25) is 10.0 Å². The van der Waals surface area contributed by atoms with E-state index < -0.39 is 27.3 Å². The van der Waals surface area contributed by atoms with E-state index >= 15 is 0 Å². The molecule has 0 amide bonds. The molecule has 0 saturated carbocycles. The predicted molar refractivity (Wildman–Crippen MR) is 70.1 cm³/mol. The molecule has 0 atom stereocenters. The van der Waals surface area contributed by atoms with Gasteiger partial charge in [0, 0.05) is 10.6 Å². The number of sulfonamides is 1. The van der Waals surface area contributed by atoms with Crippen molar-refractivity contribution >= 4 is 21.6 Å². The molecule has 2 N–H and O–H groups in total. The number of hydrogen-bond acceptors (Lipinski definition) is 4. The van der Waals surface area contributed by atoms with Gasteiger partial charge in [0.05, 0.1) is 19.4 Å². The van der Waals surface area contributed by atoms with Crippen LogP contribution in [0, 0.1) is 5.82 Å². The molecule has 2 rings (SSSR count). The number of aliphatic hydroxyl groups excluding tert-OH is 1. The van der Waals surface area contributed by atoms with E-state index in [-0.39, 0.29) is 17.1 Å². The van der Waals surface area contributed by atoms with Crippen molar-refractivity contribution in [2.24, 2.45) is 0 Å². The van der Waals surface area contributed by atoms with Gasteiger partial charge in [0.1, 0.15) is 16.5 Å². The summed E-state index contributed by atoms with van der Waals surface area (Å²) in [6.45, 7) is -0.761. The average molecular weight is 320 g/mol. The highest BCUT2D eigenvalue weighted by molar-refractivity contribution is 7.89. The Labute approximate surface area is 120 Å². The summed E-state index contributed by atoms with van der Waals surface area (Å²) in [7, 11) is -4.10. The molecule has 0 aliphatic heterocycles. The fourth-order valence-electron chi connectivity index (χ4n) is 1.59. The quantitative estimate of drug-likeness (QED) is 0.884. The molecular weight excluding hydrogens is 309 g/mol. The monoisotopic (exact) mass is 319 g/mol. The number of benzene rings is 1. The maximum Gasteiger partial charge on any atom is 0.243 e. The molecule has 0 spiro atoms. The van der Waals surface area contributed by atoms with Gasteiger partial charge < -0.3 is 9.52 Å². The Bertz CT molecular complexity index is 700. The third kappa shape index (κ3) is 3.18. The smallest absolute Gasteiger partial charge is 0.243 e. The van der Waals surface area contributed by atoms with Gasteiger partial charge in [-0.05, 0) is 24.3 Å². The van der Waals surface area contributed by atoms with Gasteiger partial charge in [-0.25, -0.2) is 17.5 Å². The zero-order valence-electron chi connectivity index (χ0n) is 10.1. The first-order valence-corrected chi connectivity index (χ1v) is 7.41. The maximum atomic E-state index is 14.0. The van der Waals surface area contributed by atoms with Crippen LogP contribution >= 0.6 is 11.6 Å². The topological polar surface area (TPSA) is 79.5 Å². The van der Waals surface area contributed by atoms with Crippen molar-refractivity contribution < 1.29 is 22.3 Å². The molecule has 5 nitrogen and oxygen atoms in total. The minimum Gasteiger partial charge on any atom is -0.468 e. The molecule has 0 unspecified atom stereocenters. The second-order valence-electron chi connectivity index (χ2n) is 3.94. The lowest BCUT2D eigenvalue weighted by Gasteiger charge is -2.09. The van der Waals surface area contributed by atoms with Gasteiger partial charge in [-0.2, -0.15) is 0 Å². The molecule has 0 bridgehead atoms. The summed E-state index contributed by atoms with van der Waals surface area (Å²) in [5.74, 6) is -0.637. The molecule has 20 heavy (non-hydrogen) atoms. The summed E-state index contributed by atoms with van der Waals surface area (Å²) >= 11 is 5.72. The third-order valence-corrected chi connectivity index (χ3v) is 4.17. The van der Waals surface area contributed by atoms with E-state index in [9.17, 15) is 12.8 Å². The lowest BCUT2D eigenvalue weighted by Crippen LogP contribution is -2.24. The van der Waals surface area contributed by atoms with Crippen LogP contribution in [0.4, 0.5) is 4.39 Å². The SMILES string of the molecule is O=S(=O)(NCc1ccco1)c1cc(Cl)cc(CO)c1F. The number of nitrogens with one attached hydrogen (secondary N) is 1. The molecule has 0 saturated heterocycles. The largest absolute Gasteiger partial charge is 0.468 e. The minimum absolute atomic E-state index is 0.0221. The molecule has 0 radical (unpaired) electrons. The van der Waals surface area contributed by atoms with Crippen molar-refractivity contribution in [1.29, 1.82) is 0 Å². The van der Waals surface area contributed by atoms with Gasteiger partial charge >= 0.3 is 0 Å². The third-order valence-electron chi connectivity index (χ3n) is 2.56. The van der Waals surface area contributed by atoms with Gasteiger partial charge in [-0.3, -0.25) is 0 Å². The van der Waals surface area contributed by atoms with Crippen LogP contribution in [0.5, 0.6) is 0 Å². The summed E-state index contributed by atoms with van der Waals surface area (Å²) < 4.78 is 45.2. The van der Waals surface area contributed by atoms with Gasteiger partial charge in [0.25, 0.3) is 0 Å².